The average Bonchev–Trinajstić information content (AvgIpc) is 2.02. The fourth-order valence-corrected chi connectivity index (χ4v) is 0.766. The average molecular weight is 181 g/mol. The Morgan fingerprint density at radius 1 is 1.46 bits per heavy atom. The van der Waals surface area contributed by atoms with E-state index in [-0.39, 0.29) is 18.0 Å². The van der Waals surface area contributed by atoms with Crippen LogP contribution in [0, 0.1) is 12.3 Å². The quantitative estimate of drug-likeness (QED) is 0.307. The van der Waals surface area contributed by atoms with Crippen molar-refractivity contribution in [3.63, 3.8) is 0 Å². The number of nitrogens with zero attached hydrogens (tertiary/aromatic N) is 2. The Hall–Kier alpha value is -1.70. The van der Waals surface area contributed by atoms with Crippen molar-refractivity contribution in [2.75, 3.05) is 0 Å². The van der Waals surface area contributed by atoms with Gasteiger partial charge >= 0.3 is 0 Å². The van der Waals surface area contributed by atoms with Crippen molar-refractivity contribution in [2.24, 2.45) is 27.2 Å². The molecular formula is C8H15N5. The lowest BCUT2D eigenvalue weighted by Crippen LogP contribution is -2.27. The van der Waals surface area contributed by atoms with Gasteiger partial charge in [0.15, 0.2) is 5.96 Å². The van der Waals surface area contributed by atoms with Crippen LogP contribution in [0.25, 0.3) is 0 Å². The van der Waals surface area contributed by atoms with Gasteiger partial charge in [0.05, 0.1) is 6.04 Å². The summed E-state index contributed by atoms with van der Waals surface area (Å²) in [6.07, 6.45) is 6.49. The monoisotopic (exact) mass is 181 g/mol. The minimum absolute atomic E-state index is 0.00639. The summed E-state index contributed by atoms with van der Waals surface area (Å²) < 4.78 is 0. The van der Waals surface area contributed by atoms with Crippen LogP contribution in [0.1, 0.15) is 19.8 Å². The molecule has 0 rings (SSSR count). The fourth-order valence-electron chi connectivity index (χ4n) is 0.766. The first-order valence-electron chi connectivity index (χ1n) is 3.96. The van der Waals surface area contributed by atoms with Gasteiger partial charge in [-0.3, -0.25) is 0 Å². The van der Waals surface area contributed by atoms with Crippen molar-refractivity contribution in [1.82, 2.24) is 0 Å². The number of hydrogen-bond acceptors (Lipinski definition) is 1. The van der Waals surface area contributed by atoms with Crippen molar-refractivity contribution in [3.8, 4) is 12.3 Å². The molecule has 5 heteroatoms. The van der Waals surface area contributed by atoms with E-state index < -0.39 is 0 Å². The standard InChI is InChI=1S/C8H15N5/c1-3-5-6(4-2)12-8(11)13-7(9)10/h1,6H,4-5H2,2H3,(H6,9,10,11,12,13). The second kappa shape index (κ2) is 5.89. The van der Waals surface area contributed by atoms with Gasteiger partial charge in [-0.1, -0.05) is 6.92 Å². The first-order valence-corrected chi connectivity index (χ1v) is 3.96. The Bertz CT molecular complexity index is 244. The molecule has 0 aromatic heterocycles. The van der Waals surface area contributed by atoms with Crippen LogP contribution in [0.5, 0.6) is 0 Å². The Kier molecular flexibility index (Phi) is 5.12. The molecule has 0 aliphatic heterocycles. The number of nitrogens with two attached hydrogens (primary N) is 3. The third-order valence-electron chi connectivity index (χ3n) is 1.38. The zero-order valence-corrected chi connectivity index (χ0v) is 7.70. The van der Waals surface area contributed by atoms with Gasteiger partial charge in [-0.05, 0) is 6.42 Å². The summed E-state index contributed by atoms with van der Waals surface area (Å²) in [6.45, 7) is 1.97. The van der Waals surface area contributed by atoms with Gasteiger partial charge in [-0.2, -0.15) is 4.99 Å². The van der Waals surface area contributed by atoms with Crippen LogP contribution >= 0.6 is 0 Å². The summed E-state index contributed by atoms with van der Waals surface area (Å²) in [5, 5.41) is 0. The Morgan fingerprint density at radius 2 is 2.08 bits per heavy atom. The van der Waals surface area contributed by atoms with E-state index in [1.54, 1.807) is 0 Å². The molecule has 0 aromatic rings. The molecule has 0 heterocycles. The molecule has 0 saturated carbocycles. The normalized spacial score (nSPS) is 13.1. The van der Waals surface area contributed by atoms with Crippen LogP contribution in [0.3, 0.4) is 0 Å². The second-order valence-corrected chi connectivity index (χ2v) is 2.49. The van der Waals surface area contributed by atoms with E-state index in [9.17, 15) is 0 Å². The van der Waals surface area contributed by atoms with Gasteiger partial charge < -0.3 is 17.2 Å². The minimum Gasteiger partial charge on any atom is -0.370 e. The van der Waals surface area contributed by atoms with Crippen LogP contribution < -0.4 is 17.2 Å². The molecule has 1 atom stereocenters. The summed E-state index contributed by atoms with van der Waals surface area (Å²) in [5.74, 6) is 2.48. The third kappa shape index (κ3) is 5.56. The molecule has 0 spiro atoms. The lowest BCUT2D eigenvalue weighted by molar-refractivity contribution is 0.670. The summed E-state index contributed by atoms with van der Waals surface area (Å²) in [7, 11) is 0. The van der Waals surface area contributed by atoms with E-state index in [4.69, 9.17) is 23.6 Å². The molecule has 6 N–H and O–H groups in total. The highest BCUT2D eigenvalue weighted by atomic mass is 15.1. The van der Waals surface area contributed by atoms with Crippen LogP contribution in [-0.2, 0) is 0 Å². The topological polar surface area (TPSA) is 103 Å². The second-order valence-electron chi connectivity index (χ2n) is 2.49. The lowest BCUT2D eigenvalue weighted by atomic mass is 10.2. The maximum atomic E-state index is 5.42. The molecule has 1 unspecified atom stereocenters. The van der Waals surface area contributed by atoms with Gasteiger partial charge in [-0.25, -0.2) is 4.99 Å². The fraction of sp³-hybridized carbons (Fsp3) is 0.500. The molecule has 0 saturated heterocycles. The predicted molar refractivity (Wildman–Crippen MR) is 55.0 cm³/mol. The molecule has 5 nitrogen and oxygen atoms in total. The highest BCUT2D eigenvalue weighted by Gasteiger charge is 2.02. The van der Waals surface area contributed by atoms with E-state index in [0.717, 1.165) is 6.42 Å². The van der Waals surface area contributed by atoms with Crippen LogP contribution in [0.2, 0.25) is 0 Å². The summed E-state index contributed by atoms with van der Waals surface area (Å²) in [4.78, 5) is 7.61. The Morgan fingerprint density at radius 3 is 2.46 bits per heavy atom. The smallest absolute Gasteiger partial charge is 0.218 e. The van der Waals surface area contributed by atoms with Crippen LogP contribution in [0.4, 0.5) is 0 Å². The molecular weight excluding hydrogens is 166 g/mol. The summed E-state index contributed by atoms with van der Waals surface area (Å²) in [5.41, 5.74) is 15.6. The van der Waals surface area contributed by atoms with Gasteiger partial charge in [0.1, 0.15) is 0 Å². The first-order chi connectivity index (χ1) is 6.10. The predicted octanol–water partition coefficient (Wildman–Crippen LogP) is -0.624. The molecule has 13 heavy (non-hydrogen) atoms. The molecule has 72 valence electrons. The summed E-state index contributed by atoms with van der Waals surface area (Å²) >= 11 is 0. The number of rotatable bonds is 3. The molecule has 0 fully saturated rings. The lowest BCUT2D eigenvalue weighted by Gasteiger charge is -2.04. The molecule has 0 radical (unpaired) electrons. The molecule has 0 amide bonds. The van der Waals surface area contributed by atoms with Crippen LogP contribution in [0.15, 0.2) is 9.98 Å². The van der Waals surface area contributed by atoms with E-state index in [1.165, 1.54) is 0 Å². The number of aliphatic imine (C=N–C) groups is 2. The first kappa shape index (κ1) is 11.3. The van der Waals surface area contributed by atoms with E-state index in [0.29, 0.717) is 6.42 Å². The van der Waals surface area contributed by atoms with Crippen molar-refractivity contribution in [3.05, 3.63) is 0 Å². The molecule has 0 aliphatic carbocycles. The van der Waals surface area contributed by atoms with Crippen molar-refractivity contribution < 1.29 is 0 Å². The van der Waals surface area contributed by atoms with E-state index in [1.807, 2.05) is 6.92 Å². The minimum atomic E-state index is -0.100. The maximum Gasteiger partial charge on any atom is 0.218 e. The maximum absolute atomic E-state index is 5.42. The van der Waals surface area contributed by atoms with Gasteiger partial charge in [0.25, 0.3) is 0 Å². The van der Waals surface area contributed by atoms with Gasteiger partial charge in [0, 0.05) is 6.42 Å². The van der Waals surface area contributed by atoms with Crippen LogP contribution in [-0.4, -0.2) is 18.0 Å². The molecule has 0 bridgehead atoms. The SMILES string of the molecule is C#CCC(CC)N=C(N)N=C(N)N. The molecule has 0 aromatic carbocycles. The number of hydrogen-bond donors (Lipinski definition) is 3. The van der Waals surface area contributed by atoms with Crippen molar-refractivity contribution >= 4 is 11.9 Å². The zero-order valence-electron chi connectivity index (χ0n) is 7.70. The number of guanidine groups is 2. The summed E-state index contributed by atoms with van der Waals surface area (Å²) in [6, 6.07) is -0.00639. The van der Waals surface area contributed by atoms with Gasteiger partial charge in [-0.15, -0.1) is 12.3 Å². The van der Waals surface area contributed by atoms with E-state index in [2.05, 4.69) is 15.9 Å². The van der Waals surface area contributed by atoms with E-state index >= 15 is 0 Å². The largest absolute Gasteiger partial charge is 0.370 e. The highest BCUT2D eigenvalue weighted by Crippen LogP contribution is 2.01. The van der Waals surface area contributed by atoms with Crippen molar-refractivity contribution in [1.29, 1.82) is 0 Å². The third-order valence-corrected chi connectivity index (χ3v) is 1.38. The highest BCUT2D eigenvalue weighted by molar-refractivity contribution is 5.92. The Labute approximate surface area is 78.1 Å². The van der Waals surface area contributed by atoms with Crippen molar-refractivity contribution in [2.45, 2.75) is 25.8 Å². The molecule has 0 aliphatic rings. The van der Waals surface area contributed by atoms with Gasteiger partial charge in [0.2, 0.25) is 5.96 Å². The number of terminal acetylenes is 1. The zero-order chi connectivity index (χ0) is 10.3. The Balaban J connectivity index is 4.34.